The summed E-state index contributed by atoms with van der Waals surface area (Å²) in [6.07, 6.45) is 22.8. The summed E-state index contributed by atoms with van der Waals surface area (Å²) in [5.41, 5.74) is 1.16. The molecule has 8 fully saturated rings. The van der Waals surface area contributed by atoms with Crippen molar-refractivity contribution in [3.8, 4) is 46.0 Å². The molecule has 21 heteroatoms. The number of hydrogen-bond donors (Lipinski definition) is 11. The predicted octanol–water partition coefficient (Wildman–Crippen LogP) is 14.6. The molecule has 0 aromatic heterocycles. The van der Waals surface area contributed by atoms with Crippen LogP contribution in [-0.4, -0.2) is 123 Å². The Bertz CT molecular complexity index is 4000. The number of ether oxygens (including phenoxy) is 4. The van der Waals surface area contributed by atoms with Crippen molar-refractivity contribution >= 4 is 60.1 Å². The van der Waals surface area contributed by atoms with Crippen LogP contribution >= 0.6 is 0 Å². The predicted molar refractivity (Wildman–Crippen MR) is 389 cm³/mol. The van der Waals surface area contributed by atoms with Gasteiger partial charge in [-0.3, -0.25) is 9.59 Å². The van der Waals surface area contributed by atoms with Gasteiger partial charge in [0.05, 0.1) is 6.10 Å². The van der Waals surface area contributed by atoms with E-state index in [1.165, 1.54) is 85.0 Å². The Morgan fingerprint density at radius 2 is 0.829 bits per heavy atom. The zero-order valence-electron chi connectivity index (χ0n) is 60.8. The van der Waals surface area contributed by atoms with Crippen LogP contribution in [0, 0.1) is 92.7 Å². The lowest BCUT2D eigenvalue weighted by Gasteiger charge is -2.64. The van der Waals surface area contributed by atoms with Gasteiger partial charge in [0.15, 0.2) is 46.0 Å². The molecule has 0 bridgehead atoms. The summed E-state index contributed by atoms with van der Waals surface area (Å²) in [6.45, 7) is 13.3. The Morgan fingerprint density at radius 1 is 0.429 bits per heavy atom. The van der Waals surface area contributed by atoms with Crippen LogP contribution in [0.15, 0.2) is 97.1 Å². The van der Waals surface area contributed by atoms with Crippen molar-refractivity contribution in [3.05, 3.63) is 119 Å². The summed E-state index contributed by atoms with van der Waals surface area (Å²) >= 11 is 0. The minimum absolute atomic E-state index is 0.0242. The first-order valence-corrected chi connectivity index (χ1v) is 37.5. The van der Waals surface area contributed by atoms with Crippen LogP contribution in [0.3, 0.4) is 0 Å². The average Bonchev–Trinajstić information content (AvgIpc) is 1.67. The van der Waals surface area contributed by atoms with Crippen molar-refractivity contribution < 1.29 is 104 Å². The first kappa shape index (κ1) is 77.1. The highest BCUT2D eigenvalue weighted by molar-refractivity contribution is 5.89. The number of phenolic OH excluding ortho intramolecular Hbond substituents is 8. The zero-order valence-corrected chi connectivity index (χ0v) is 60.8. The number of aliphatic hydroxyl groups is 1. The minimum atomic E-state index is -0.829. The van der Waals surface area contributed by atoms with E-state index in [9.17, 15) is 84.9 Å². The molecular weight excluding hydrogens is 1340 g/mol. The van der Waals surface area contributed by atoms with Crippen LogP contribution < -0.4 is 0 Å². The van der Waals surface area contributed by atoms with Crippen molar-refractivity contribution in [1.82, 2.24) is 0 Å². The second kappa shape index (κ2) is 31.6. The van der Waals surface area contributed by atoms with Crippen LogP contribution in [0.5, 0.6) is 46.0 Å². The summed E-state index contributed by atoms with van der Waals surface area (Å²) < 4.78 is 24.7. The minimum Gasteiger partial charge on any atom is -0.504 e. The van der Waals surface area contributed by atoms with Crippen LogP contribution in [0.4, 0.5) is 0 Å². The number of fused-ring (bicyclic) bond motifs is 10. The van der Waals surface area contributed by atoms with E-state index in [-0.39, 0.29) is 141 Å². The second-order valence-corrected chi connectivity index (χ2v) is 32.7. The number of rotatable bonds is 20. The largest absolute Gasteiger partial charge is 0.504 e. The fourth-order valence-corrected chi connectivity index (χ4v) is 21.8. The molecule has 4 aromatic carbocycles. The van der Waals surface area contributed by atoms with Gasteiger partial charge in [-0.1, -0.05) is 65.8 Å². The number of benzene rings is 4. The smallest absolute Gasteiger partial charge is 0.331 e. The Morgan fingerprint density at radius 3 is 1.27 bits per heavy atom. The first-order valence-electron chi connectivity index (χ1n) is 37.5. The number of carbonyl (C=O) groups excluding carboxylic acids is 4. The molecule has 21 atom stereocenters. The van der Waals surface area contributed by atoms with Crippen LogP contribution in [0.1, 0.15) is 186 Å². The van der Waals surface area contributed by atoms with Crippen molar-refractivity contribution in [2.45, 2.75) is 194 Å². The second-order valence-electron chi connectivity index (χ2n) is 32.7. The number of carbonyl (C=O) groups is 6. The fourth-order valence-electron chi connectivity index (χ4n) is 21.8. The molecule has 0 spiro atoms. The third-order valence-electron chi connectivity index (χ3n) is 27.3. The van der Waals surface area contributed by atoms with Crippen molar-refractivity contribution in [3.63, 3.8) is 0 Å². The van der Waals surface area contributed by atoms with E-state index in [2.05, 4.69) is 41.5 Å². The lowest BCUT2D eigenvalue weighted by Crippen LogP contribution is -2.63. The summed E-state index contributed by atoms with van der Waals surface area (Å²) in [7, 11) is 0. The van der Waals surface area contributed by atoms with E-state index < -0.39 is 53.4 Å². The summed E-state index contributed by atoms with van der Waals surface area (Å²) in [6, 6.07) is 17.2. The third-order valence-corrected chi connectivity index (χ3v) is 27.3. The molecule has 8 aliphatic carbocycles. The van der Waals surface area contributed by atoms with Crippen LogP contribution in [-0.2, 0) is 47.7 Å². The normalized spacial score (nSPS) is 33.7. The molecule has 12 rings (SSSR count). The lowest BCUT2D eigenvalue weighted by atomic mass is 9.43. The highest BCUT2D eigenvalue weighted by Gasteiger charge is 2.68. The molecule has 0 aliphatic heterocycles. The number of carboxylic acids is 2. The highest BCUT2D eigenvalue weighted by atomic mass is 16.6. The van der Waals surface area contributed by atoms with E-state index in [0.29, 0.717) is 84.5 Å². The molecule has 8 aliphatic rings. The third kappa shape index (κ3) is 16.4. The zero-order chi connectivity index (χ0) is 75.6. The van der Waals surface area contributed by atoms with Gasteiger partial charge in [-0.15, -0.1) is 0 Å². The van der Waals surface area contributed by atoms with E-state index in [4.69, 9.17) is 18.9 Å². The standard InChI is InChI=1S/C42H52O11.C42H52O10/c1-23(4-13-37(48)49)28-9-10-29-40-30(22-36(47)42(28,29)3)41(2)17-16-27(52-38(50)14-7-24-5-11-31(43)33(45)18-24)20-26(41)21-35(40)53-39(51)15-8-25-6-12-32(44)34(46)19-25;1-24(4-15-38(47)48)30-11-12-31-29-10-9-27-22-28(51-39(49)16-7-25-5-13-33(43)35(45)20-25)18-19-41(27,2)32(29)23-37(42(30,31)3)52-40(50)17-8-26-6-14-34(44)36(46)21-26/h5-8,11-12,14-15,18-19,23,26-30,35-36,40,43-47H,4,9-10,13,16-17,20-22H2,1-3H3,(H,48,49);5-8,13-14,16-17,20-21,24,27-32,37,43-46H,4,9-12,15,18-19,22-23H2,1-3H3,(H,47,48)/b14-7+,15-8+;16-7+,17-8+/t23?,26?,27-,28?,29?,30?,35?,36+,40?,41+,42-;24?,27?,28-,29?,30?,31?,32?,37+,41+,42-/m11/s1. The van der Waals surface area contributed by atoms with Gasteiger partial charge in [0.2, 0.25) is 0 Å². The van der Waals surface area contributed by atoms with E-state index in [1.807, 2.05) is 0 Å². The number of carboxylic acid groups (broad SMARTS) is 2. The molecule has 0 amide bonds. The average molecular weight is 1450 g/mol. The van der Waals surface area contributed by atoms with Gasteiger partial charge in [0.25, 0.3) is 0 Å². The molecular formula is C84H104O21. The molecule has 105 heavy (non-hydrogen) atoms. The molecule has 0 saturated heterocycles. The molecule has 21 nitrogen and oxygen atoms in total. The maximum Gasteiger partial charge on any atom is 0.331 e. The molecule has 0 heterocycles. The van der Waals surface area contributed by atoms with Crippen LogP contribution in [0.2, 0.25) is 0 Å². The molecule has 13 unspecified atom stereocenters. The van der Waals surface area contributed by atoms with Gasteiger partial charge >= 0.3 is 35.8 Å². The summed E-state index contributed by atoms with van der Waals surface area (Å²) in [5.74, 6) is -3.57. The monoisotopic (exact) mass is 1450 g/mol. The van der Waals surface area contributed by atoms with Crippen molar-refractivity contribution in [2.24, 2.45) is 92.7 Å². The number of aromatic hydroxyl groups is 8. The maximum absolute atomic E-state index is 13.5. The van der Waals surface area contributed by atoms with E-state index in [0.717, 1.165) is 70.6 Å². The van der Waals surface area contributed by atoms with Gasteiger partial charge in [0, 0.05) is 48.5 Å². The molecule has 4 aromatic rings. The summed E-state index contributed by atoms with van der Waals surface area (Å²) in [5, 5.41) is 109. The number of aliphatic carboxylic acids is 2. The van der Waals surface area contributed by atoms with E-state index >= 15 is 0 Å². The van der Waals surface area contributed by atoms with Gasteiger partial charge in [-0.2, -0.15) is 0 Å². The van der Waals surface area contributed by atoms with E-state index in [1.54, 1.807) is 36.4 Å². The Hall–Kier alpha value is -8.98. The molecule has 8 saturated carbocycles. The van der Waals surface area contributed by atoms with Gasteiger partial charge in [0.1, 0.15) is 24.4 Å². The highest BCUT2D eigenvalue weighted by Crippen LogP contribution is 2.71. The fraction of sp³-hybridized carbons (Fsp3) is 0.548. The van der Waals surface area contributed by atoms with Crippen molar-refractivity contribution in [1.29, 1.82) is 0 Å². The lowest BCUT2D eigenvalue weighted by molar-refractivity contribution is -0.216. The first-order chi connectivity index (χ1) is 49.8. The summed E-state index contributed by atoms with van der Waals surface area (Å²) in [4.78, 5) is 75.8. The van der Waals surface area contributed by atoms with Crippen LogP contribution in [0.25, 0.3) is 24.3 Å². The van der Waals surface area contributed by atoms with Gasteiger partial charge in [-0.05, 0) is 286 Å². The Kier molecular flexibility index (Phi) is 23.2. The molecule has 0 radical (unpaired) electrons. The Labute approximate surface area is 613 Å². The number of phenols is 8. The SMILES string of the molecule is CC(CCC(=O)O)C1CCC2C3C(OC(=O)/C=C/c4ccc(O)c(O)c4)CC4C[C@H](OC(=O)/C=C/c5ccc(O)c(O)c5)CC[C@]4(C)C3C[C@H](O)[C@]12C.CC(CCC(=O)O)C1CCC2C3CCC4C[C@H](OC(=O)/C=C/c5ccc(O)c(O)c5)CC[C@]4(C)C3C[C@H](OC(=O)/C=C/c3ccc(O)c(O)c3)[C@]12C. The molecule has 566 valence electrons. The molecule has 11 N–H and O–H groups in total. The number of hydrogen-bond acceptors (Lipinski definition) is 19. The Balaban J connectivity index is 0.000000210. The topological polar surface area (TPSA) is 362 Å². The number of aliphatic hydroxyl groups excluding tert-OH is 1. The van der Waals surface area contributed by atoms with Crippen molar-refractivity contribution in [2.75, 3.05) is 0 Å². The quantitative estimate of drug-likeness (QED) is 0.0169. The van der Waals surface area contributed by atoms with Gasteiger partial charge < -0.3 is 75.1 Å². The maximum atomic E-state index is 13.5. The number of esters is 4. The van der Waals surface area contributed by atoms with Gasteiger partial charge in [-0.25, -0.2) is 19.2 Å².